The first-order chi connectivity index (χ1) is 20.5. The summed E-state index contributed by atoms with van der Waals surface area (Å²) in [6.07, 6.45) is -0.00541. The normalized spacial score (nSPS) is 13.1. The molecule has 0 aliphatic carbocycles. The molecule has 3 aromatic carbocycles. The quantitative estimate of drug-likeness (QED) is 0.211. The van der Waals surface area contributed by atoms with Crippen LogP contribution < -0.4 is 35.1 Å². The van der Waals surface area contributed by atoms with Crippen molar-refractivity contribution in [3.05, 3.63) is 112 Å². The van der Waals surface area contributed by atoms with Crippen molar-refractivity contribution in [1.29, 1.82) is 0 Å². The number of aliphatic hydroxyl groups is 2. The summed E-state index contributed by atoms with van der Waals surface area (Å²) < 4.78 is 31.6. The van der Waals surface area contributed by atoms with Crippen LogP contribution in [0, 0.1) is 11.6 Å². The van der Waals surface area contributed by atoms with Crippen LogP contribution in [0.25, 0.3) is 39.0 Å². The number of aliphatic hydroxyl groups excluding tert-OH is 2. The van der Waals surface area contributed by atoms with Crippen LogP contribution in [0.5, 0.6) is 0 Å². The molecule has 224 valence electrons. The first-order valence-electron chi connectivity index (χ1n) is 14.0. The molecule has 0 amide bonds. The Kier molecular flexibility index (Phi) is 10.6. The third kappa shape index (κ3) is 6.87. The predicted octanol–water partition coefficient (Wildman–Crippen LogP) is 3.25. The Morgan fingerprint density at radius 1 is 0.977 bits per heavy atom. The van der Waals surface area contributed by atoms with E-state index >= 15 is 0 Å². The zero-order valence-corrected chi connectivity index (χ0v) is 26.7. The molecule has 0 saturated heterocycles. The summed E-state index contributed by atoms with van der Waals surface area (Å²) in [5.41, 5.74) is 3.24. The molecule has 10 heteroatoms. The minimum absolute atomic E-state index is 0. The number of hydrogen-bond acceptors (Lipinski definition) is 4. The number of para-hydroxylation sites is 1. The number of fused-ring (bicyclic) bond motifs is 3. The van der Waals surface area contributed by atoms with Gasteiger partial charge in [-0.1, -0.05) is 48.5 Å². The molecule has 0 saturated carbocycles. The summed E-state index contributed by atoms with van der Waals surface area (Å²) in [5, 5.41) is 31.1. The number of aliphatic carboxylic acids is 1. The Morgan fingerprint density at radius 2 is 1.68 bits per heavy atom. The summed E-state index contributed by atoms with van der Waals surface area (Å²) in [7, 11) is 0. The van der Waals surface area contributed by atoms with E-state index in [2.05, 4.69) is 0 Å². The van der Waals surface area contributed by atoms with E-state index in [-0.39, 0.29) is 55.6 Å². The van der Waals surface area contributed by atoms with Gasteiger partial charge in [-0.05, 0) is 61.4 Å². The van der Waals surface area contributed by atoms with Crippen LogP contribution in [-0.2, 0) is 11.3 Å². The maximum Gasteiger partial charge on any atom is 1.00 e. The van der Waals surface area contributed by atoms with Gasteiger partial charge in [-0.25, -0.2) is 8.78 Å². The van der Waals surface area contributed by atoms with Crippen LogP contribution in [0.2, 0.25) is 0 Å². The molecule has 0 spiro atoms. The van der Waals surface area contributed by atoms with Crippen molar-refractivity contribution in [2.24, 2.45) is 0 Å². The third-order valence-corrected chi connectivity index (χ3v) is 7.43. The number of aromatic nitrogens is 2. The topological polar surface area (TPSA) is 105 Å². The smallest absolute Gasteiger partial charge is 1.00 e. The average Bonchev–Trinajstić information content (AvgIpc) is 3.30. The van der Waals surface area contributed by atoms with E-state index < -0.39 is 36.2 Å². The minimum Gasteiger partial charge on any atom is -1.00 e. The van der Waals surface area contributed by atoms with Gasteiger partial charge in [0, 0.05) is 34.5 Å². The third-order valence-electron chi connectivity index (χ3n) is 7.43. The number of hydrogen-bond donors (Lipinski definition) is 3. The van der Waals surface area contributed by atoms with Crippen molar-refractivity contribution in [3.63, 3.8) is 0 Å². The van der Waals surface area contributed by atoms with E-state index in [1.807, 2.05) is 42.7 Å². The SMILES string of the molecule is CC(C)n1c(/C=C/[C@H](O)C[C@@H](O)CC(=O)O)c(-c2ccc(F)cc2)c2c3ccccc3n(Cc3cccc(F)c3)c(=O)c21.[H-].[Na+]. The number of halogens is 2. The zero-order chi connectivity index (χ0) is 30.8. The molecule has 0 fully saturated rings. The number of pyridine rings is 1. The van der Waals surface area contributed by atoms with E-state index in [0.29, 0.717) is 38.8 Å². The standard InChI is InChI=1S/C34H32F2N2O5.Na.H/c1-20(2)38-29(15-14-25(39)17-26(40)18-30(41)42)31(22-10-12-23(35)13-11-22)32-27-8-3-4-9-28(27)37(34(43)33(32)38)19-21-6-5-7-24(36)16-21;;/h3-16,20,25-26,39-40H,17-19H2,1-2H3,(H,41,42);;/q;+1;-1/b15-14+;;/t25-,26+;;/m0../s1. The monoisotopic (exact) mass is 610 g/mol. The average molecular weight is 611 g/mol. The molecule has 0 bridgehead atoms. The van der Waals surface area contributed by atoms with Crippen LogP contribution in [0.1, 0.15) is 45.4 Å². The molecule has 0 radical (unpaired) electrons. The number of carboxylic acid groups (broad SMARTS) is 1. The van der Waals surface area contributed by atoms with Crippen molar-refractivity contribution in [2.75, 3.05) is 0 Å². The van der Waals surface area contributed by atoms with Gasteiger partial charge in [0.15, 0.2) is 0 Å². The molecule has 2 atom stereocenters. The molecule has 7 nitrogen and oxygen atoms in total. The fourth-order valence-electron chi connectivity index (χ4n) is 5.67. The second-order valence-electron chi connectivity index (χ2n) is 10.9. The van der Waals surface area contributed by atoms with Crippen LogP contribution in [0.3, 0.4) is 0 Å². The van der Waals surface area contributed by atoms with Gasteiger partial charge in [0.2, 0.25) is 0 Å². The summed E-state index contributed by atoms with van der Waals surface area (Å²) in [4.78, 5) is 25.4. The number of carbonyl (C=O) groups is 1. The maximum atomic E-state index is 14.4. The van der Waals surface area contributed by atoms with Crippen molar-refractivity contribution in [3.8, 4) is 11.1 Å². The maximum absolute atomic E-state index is 14.4. The summed E-state index contributed by atoms with van der Waals surface area (Å²) in [6, 6.07) is 19.2. The van der Waals surface area contributed by atoms with Crippen LogP contribution in [0.15, 0.2) is 83.7 Å². The largest absolute Gasteiger partial charge is 1.00 e. The summed E-state index contributed by atoms with van der Waals surface area (Å²) in [5.74, 6) is -2.00. The van der Waals surface area contributed by atoms with Crippen LogP contribution in [0.4, 0.5) is 8.78 Å². The van der Waals surface area contributed by atoms with Crippen LogP contribution in [-0.4, -0.2) is 42.6 Å². The molecule has 44 heavy (non-hydrogen) atoms. The number of carboxylic acids is 1. The molecular formula is C34H33F2N2NaO5. The van der Waals surface area contributed by atoms with Crippen LogP contribution >= 0.6 is 0 Å². The van der Waals surface area contributed by atoms with Crippen molar-refractivity contribution >= 4 is 33.9 Å². The van der Waals surface area contributed by atoms with Gasteiger partial charge in [-0.2, -0.15) is 0 Å². The van der Waals surface area contributed by atoms with E-state index in [1.54, 1.807) is 34.9 Å². The molecule has 0 aliphatic heterocycles. The Labute approximate surface area is 276 Å². The summed E-state index contributed by atoms with van der Waals surface area (Å²) >= 11 is 0. The Bertz CT molecular complexity index is 1900. The Balaban J connectivity index is 0.00000276. The number of nitrogens with zero attached hydrogens (tertiary/aromatic N) is 2. The predicted molar refractivity (Wildman–Crippen MR) is 164 cm³/mol. The Hall–Kier alpha value is -3.60. The minimum atomic E-state index is -1.25. The summed E-state index contributed by atoms with van der Waals surface area (Å²) in [6.45, 7) is 3.97. The van der Waals surface area contributed by atoms with Gasteiger partial charge in [-0.3, -0.25) is 9.59 Å². The van der Waals surface area contributed by atoms with E-state index in [1.165, 1.54) is 30.3 Å². The van der Waals surface area contributed by atoms with Gasteiger partial charge in [0.25, 0.3) is 5.56 Å². The van der Waals surface area contributed by atoms with Crippen molar-refractivity contribution in [1.82, 2.24) is 9.13 Å². The molecular weight excluding hydrogens is 577 g/mol. The fourth-order valence-corrected chi connectivity index (χ4v) is 5.67. The van der Waals surface area contributed by atoms with Gasteiger partial charge >= 0.3 is 35.5 Å². The fraction of sp³-hybridized carbons (Fsp3) is 0.235. The first kappa shape index (κ1) is 33.3. The molecule has 0 unspecified atom stereocenters. The second-order valence-corrected chi connectivity index (χ2v) is 10.9. The molecule has 2 aromatic heterocycles. The van der Waals surface area contributed by atoms with Gasteiger partial charge in [0.1, 0.15) is 17.2 Å². The molecule has 5 aromatic rings. The molecule has 5 rings (SSSR count). The van der Waals surface area contributed by atoms with E-state index in [4.69, 9.17) is 5.11 Å². The van der Waals surface area contributed by atoms with Gasteiger partial charge in [0.05, 0.1) is 30.7 Å². The van der Waals surface area contributed by atoms with E-state index in [9.17, 15) is 28.6 Å². The Morgan fingerprint density at radius 3 is 2.34 bits per heavy atom. The molecule has 2 heterocycles. The van der Waals surface area contributed by atoms with Gasteiger partial charge in [-0.15, -0.1) is 0 Å². The van der Waals surface area contributed by atoms with Gasteiger partial charge < -0.3 is 25.9 Å². The number of benzene rings is 3. The number of rotatable bonds is 10. The second kappa shape index (κ2) is 14.0. The van der Waals surface area contributed by atoms with Crippen molar-refractivity contribution in [2.45, 2.75) is 51.5 Å². The molecule has 0 aliphatic rings. The molecule has 3 N–H and O–H groups in total. The van der Waals surface area contributed by atoms with Crippen molar-refractivity contribution < 1.29 is 59.9 Å². The first-order valence-corrected chi connectivity index (χ1v) is 14.0. The van der Waals surface area contributed by atoms with E-state index in [0.717, 1.165) is 5.39 Å². The zero-order valence-electron chi connectivity index (χ0n) is 25.7.